The van der Waals surface area contributed by atoms with Crippen LogP contribution in [0.3, 0.4) is 0 Å². The predicted octanol–water partition coefficient (Wildman–Crippen LogP) is 2.49. The zero-order chi connectivity index (χ0) is 9.14. The summed E-state index contributed by atoms with van der Waals surface area (Å²) in [6, 6.07) is 8.26. The molecule has 0 N–H and O–H groups in total. The van der Waals surface area contributed by atoms with Crippen molar-refractivity contribution in [2.75, 3.05) is 19.0 Å². The third kappa shape index (κ3) is 2.05. The van der Waals surface area contributed by atoms with Gasteiger partial charge in [-0.1, -0.05) is 24.4 Å². The van der Waals surface area contributed by atoms with E-state index in [1.807, 2.05) is 21.0 Å². The fourth-order valence-corrected chi connectivity index (χ4v) is 1.13. The predicted molar refractivity (Wildman–Crippen MR) is 58.1 cm³/mol. The molecule has 0 aliphatic carbocycles. The largest absolute Gasteiger partial charge is 0.378 e. The summed E-state index contributed by atoms with van der Waals surface area (Å²) in [5, 5.41) is 0. The summed E-state index contributed by atoms with van der Waals surface area (Å²) in [4.78, 5) is 3.02. The van der Waals surface area contributed by atoms with Gasteiger partial charge in [-0.15, -0.1) is 0 Å². The van der Waals surface area contributed by atoms with E-state index < -0.39 is 0 Å². The Kier molecular flexibility index (Phi) is 2.82. The first kappa shape index (κ1) is 9.20. The zero-order valence-electron chi connectivity index (χ0n) is 7.66. The Labute approximate surface area is 79.0 Å². The molecule has 0 saturated heterocycles. The molecule has 1 nitrogen and oxygen atoms in total. The van der Waals surface area contributed by atoms with Crippen LogP contribution in [0.1, 0.15) is 12.5 Å². The lowest BCUT2D eigenvalue weighted by Crippen LogP contribution is -2.08. The molecule has 1 rings (SSSR count). The molecule has 0 heterocycles. The molecular weight excluding hydrogens is 166 g/mol. The maximum absolute atomic E-state index is 5.06. The number of benzene rings is 1. The molecule has 0 aliphatic rings. The van der Waals surface area contributed by atoms with E-state index in [1.165, 1.54) is 5.69 Å². The van der Waals surface area contributed by atoms with Gasteiger partial charge in [-0.25, -0.2) is 0 Å². The highest BCUT2D eigenvalue weighted by atomic mass is 32.1. The molecule has 0 bridgehead atoms. The van der Waals surface area contributed by atoms with E-state index in [2.05, 4.69) is 29.2 Å². The summed E-state index contributed by atoms with van der Waals surface area (Å²) in [6.45, 7) is 1.94. The average Bonchev–Trinajstić information content (AvgIpc) is 2.04. The molecule has 0 aliphatic heterocycles. The van der Waals surface area contributed by atoms with Gasteiger partial charge < -0.3 is 4.90 Å². The summed E-state index contributed by atoms with van der Waals surface area (Å²) < 4.78 is 0. The molecule has 12 heavy (non-hydrogen) atoms. The number of rotatable bonds is 2. The van der Waals surface area contributed by atoms with Crippen LogP contribution in [0.2, 0.25) is 0 Å². The van der Waals surface area contributed by atoms with Crippen molar-refractivity contribution in [2.45, 2.75) is 6.92 Å². The van der Waals surface area contributed by atoms with Gasteiger partial charge in [0.25, 0.3) is 0 Å². The van der Waals surface area contributed by atoms with E-state index >= 15 is 0 Å². The Morgan fingerprint density at radius 1 is 1.17 bits per heavy atom. The average molecular weight is 179 g/mol. The van der Waals surface area contributed by atoms with Gasteiger partial charge in [-0.05, 0) is 24.6 Å². The maximum Gasteiger partial charge on any atom is 0.0361 e. The number of thiocarbonyl (C=S) groups is 1. The van der Waals surface area contributed by atoms with Gasteiger partial charge >= 0.3 is 0 Å². The van der Waals surface area contributed by atoms with E-state index in [1.54, 1.807) is 0 Å². The van der Waals surface area contributed by atoms with Gasteiger partial charge in [0, 0.05) is 24.6 Å². The molecule has 0 fully saturated rings. The van der Waals surface area contributed by atoms with Gasteiger partial charge in [-0.3, -0.25) is 0 Å². The fraction of sp³-hybridized carbons (Fsp3) is 0.300. The van der Waals surface area contributed by atoms with Crippen molar-refractivity contribution in [1.29, 1.82) is 0 Å². The van der Waals surface area contributed by atoms with Crippen LogP contribution in [0.5, 0.6) is 0 Å². The van der Waals surface area contributed by atoms with Crippen molar-refractivity contribution >= 4 is 22.8 Å². The molecule has 0 unspecified atom stereocenters. The highest BCUT2D eigenvalue weighted by molar-refractivity contribution is 7.80. The van der Waals surface area contributed by atoms with Crippen LogP contribution in [0.4, 0.5) is 5.69 Å². The molecule has 0 amide bonds. The lowest BCUT2D eigenvalue weighted by Gasteiger charge is -2.12. The van der Waals surface area contributed by atoms with Crippen molar-refractivity contribution in [3.8, 4) is 0 Å². The van der Waals surface area contributed by atoms with Crippen LogP contribution in [0.15, 0.2) is 24.3 Å². The van der Waals surface area contributed by atoms with E-state index in [9.17, 15) is 0 Å². The Balaban J connectivity index is 2.93. The van der Waals surface area contributed by atoms with Crippen molar-refractivity contribution in [3.63, 3.8) is 0 Å². The maximum atomic E-state index is 5.06. The highest BCUT2D eigenvalue weighted by Crippen LogP contribution is 2.12. The quantitative estimate of drug-likeness (QED) is 0.507. The van der Waals surface area contributed by atoms with Crippen molar-refractivity contribution in [1.82, 2.24) is 0 Å². The van der Waals surface area contributed by atoms with Crippen LogP contribution < -0.4 is 4.90 Å². The zero-order valence-corrected chi connectivity index (χ0v) is 8.48. The van der Waals surface area contributed by atoms with Crippen LogP contribution in [0, 0.1) is 0 Å². The minimum absolute atomic E-state index is 0.945. The standard InChI is InChI=1S/C10H13NS/c1-8(12)9-4-6-10(7-5-9)11(2)3/h4-7H,1-3H3. The number of hydrogen-bond acceptors (Lipinski definition) is 2. The molecule has 0 aromatic heterocycles. The minimum Gasteiger partial charge on any atom is -0.378 e. The number of nitrogens with zero attached hydrogens (tertiary/aromatic N) is 1. The second-order valence-corrected chi connectivity index (χ2v) is 3.61. The summed E-state index contributed by atoms with van der Waals surface area (Å²) in [5.74, 6) is 0. The van der Waals surface area contributed by atoms with Crippen LogP contribution >= 0.6 is 12.2 Å². The van der Waals surface area contributed by atoms with Crippen molar-refractivity contribution in [2.24, 2.45) is 0 Å². The molecule has 1 aromatic rings. The summed E-state index contributed by atoms with van der Waals surface area (Å²) in [6.07, 6.45) is 0. The summed E-state index contributed by atoms with van der Waals surface area (Å²) in [7, 11) is 4.05. The molecule has 2 heteroatoms. The first-order valence-electron chi connectivity index (χ1n) is 3.89. The molecular formula is C10H13NS. The highest BCUT2D eigenvalue weighted by Gasteiger charge is 1.96. The van der Waals surface area contributed by atoms with E-state index in [0.717, 1.165) is 10.4 Å². The molecule has 0 spiro atoms. The van der Waals surface area contributed by atoms with Crippen LogP contribution in [-0.2, 0) is 0 Å². The first-order valence-corrected chi connectivity index (χ1v) is 4.30. The van der Waals surface area contributed by atoms with Crippen molar-refractivity contribution in [3.05, 3.63) is 29.8 Å². The van der Waals surface area contributed by atoms with Gasteiger partial charge in [-0.2, -0.15) is 0 Å². The third-order valence-corrected chi connectivity index (χ3v) is 2.03. The smallest absolute Gasteiger partial charge is 0.0361 e. The Morgan fingerprint density at radius 2 is 1.67 bits per heavy atom. The van der Waals surface area contributed by atoms with E-state index in [4.69, 9.17) is 12.2 Å². The van der Waals surface area contributed by atoms with Crippen LogP contribution in [0.25, 0.3) is 0 Å². The van der Waals surface area contributed by atoms with Gasteiger partial charge in [0.1, 0.15) is 0 Å². The van der Waals surface area contributed by atoms with Crippen LogP contribution in [-0.4, -0.2) is 19.0 Å². The van der Waals surface area contributed by atoms with Gasteiger partial charge in [0.05, 0.1) is 0 Å². The van der Waals surface area contributed by atoms with E-state index in [-0.39, 0.29) is 0 Å². The Morgan fingerprint density at radius 3 is 2.00 bits per heavy atom. The Bertz CT molecular complexity index is 274. The lowest BCUT2D eigenvalue weighted by molar-refractivity contribution is 1.13. The Hall–Kier alpha value is -0.890. The molecule has 0 atom stereocenters. The second kappa shape index (κ2) is 3.68. The topological polar surface area (TPSA) is 3.24 Å². The second-order valence-electron chi connectivity index (χ2n) is 3.00. The summed E-state index contributed by atoms with van der Waals surface area (Å²) >= 11 is 5.06. The summed E-state index contributed by atoms with van der Waals surface area (Å²) in [5.41, 5.74) is 2.34. The number of anilines is 1. The molecule has 0 saturated carbocycles. The van der Waals surface area contributed by atoms with Crippen molar-refractivity contribution < 1.29 is 0 Å². The molecule has 64 valence electrons. The molecule has 1 aromatic carbocycles. The first-order chi connectivity index (χ1) is 5.61. The molecule has 0 radical (unpaired) electrons. The SMILES string of the molecule is CC(=S)c1ccc(N(C)C)cc1. The lowest BCUT2D eigenvalue weighted by atomic mass is 10.1. The van der Waals surface area contributed by atoms with E-state index in [0.29, 0.717) is 0 Å². The number of hydrogen-bond donors (Lipinski definition) is 0. The fourth-order valence-electron chi connectivity index (χ4n) is 0.994. The van der Waals surface area contributed by atoms with Gasteiger partial charge in [0.15, 0.2) is 0 Å². The van der Waals surface area contributed by atoms with Gasteiger partial charge in [0.2, 0.25) is 0 Å². The minimum atomic E-state index is 0.945. The third-order valence-electron chi connectivity index (χ3n) is 1.79. The monoisotopic (exact) mass is 179 g/mol. The normalized spacial score (nSPS) is 9.58.